The summed E-state index contributed by atoms with van der Waals surface area (Å²) in [5, 5.41) is 0. The van der Waals surface area contributed by atoms with Crippen molar-refractivity contribution in [2.45, 2.75) is 39.3 Å². The number of amides is 2. The molecule has 0 unspecified atom stereocenters. The van der Waals surface area contributed by atoms with Crippen LogP contribution in [0.3, 0.4) is 0 Å². The average molecular weight is 351 g/mol. The van der Waals surface area contributed by atoms with Gasteiger partial charge in [-0.3, -0.25) is 14.6 Å². The molecular weight excluding hydrogens is 326 g/mol. The molecule has 1 aromatic carbocycles. The van der Waals surface area contributed by atoms with Gasteiger partial charge in [-0.1, -0.05) is 37.3 Å². The predicted molar refractivity (Wildman–Crippen MR) is 101 cm³/mol. The van der Waals surface area contributed by atoms with E-state index in [1.807, 2.05) is 48.2 Å². The fraction of sp³-hybridized carbons (Fsp3) is 0.381. The van der Waals surface area contributed by atoms with Crippen LogP contribution in [0.2, 0.25) is 0 Å². The zero-order valence-electron chi connectivity index (χ0n) is 15.4. The van der Waals surface area contributed by atoms with E-state index >= 15 is 0 Å². The van der Waals surface area contributed by atoms with E-state index in [4.69, 9.17) is 0 Å². The number of aromatic nitrogens is 1. The van der Waals surface area contributed by atoms with Gasteiger partial charge in [0, 0.05) is 44.5 Å². The lowest BCUT2D eigenvalue weighted by molar-refractivity contribution is -0.133. The molecule has 0 N–H and O–H groups in total. The molecular formula is C21H25N3O2. The van der Waals surface area contributed by atoms with E-state index in [0.29, 0.717) is 31.6 Å². The minimum Gasteiger partial charge on any atom is -0.336 e. The second-order valence-corrected chi connectivity index (χ2v) is 6.82. The molecule has 0 spiro atoms. The van der Waals surface area contributed by atoms with Crippen LogP contribution in [-0.2, 0) is 11.3 Å². The van der Waals surface area contributed by atoms with Crippen molar-refractivity contribution in [3.8, 4) is 0 Å². The molecule has 1 atom stereocenters. The van der Waals surface area contributed by atoms with E-state index in [1.165, 1.54) is 0 Å². The maximum Gasteiger partial charge on any atom is 0.255 e. The van der Waals surface area contributed by atoms with E-state index in [9.17, 15) is 9.59 Å². The Balaban J connectivity index is 1.78. The maximum atomic E-state index is 12.9. The van der Waals surface area contributed by atoms with Crippen LogP contribution in [0, 0.1) is 6.92 Å². The van der Waals surface area contributed by atoms with Crippen molar-refractivity contribution in [1.82, 2.24) is 14.8 Å². The molecule has 0 aliphatic carbocycles. The van der Waals surface area contributed by atoms with Gasteiger partial charge in [0.15, 0.2) is 0 Å². The van der Waals surface area contributed by atoms with Gasteiger partial charge in [-0.25, -0.2) is 0 Å². The number of nitrogens with zero attached hydrogens (tertiary/aromatic N) is 3. The summed E-state index contributed by atoms with van der Waals surface area (Å²) >= 11 is 0. The van der Waals surface area contributed by atoms with Gasteiger partial charge in [0.1, 0.15) is 0 Å². The first-order valence-corrected chi connectivity index (χ1v) is 9.12. The summed E-state index contributed by atoms with van der Waals surface area (Å²) in [6, 6.07) is 11.9. The highest BCUT2D eigenvalue weighted by Gasteiger charge is 2.31. The van der Waals surface area contributed by atoms with Gasteiger partial charge in [0.25, 0.3) is 5.91 Å². The molecule has 1 fully saturated rings. The fourth-order valence-electron chi connectivity index (χ4n) is 3.41. The summed E-state index contributed by atoms with van der Waals surface area (Å²) in [6.45, 7) is 5.59. The number of aryl methyl sites for hydroxylation is 1. The molecule has 5 heteroatoms. The Morgan fingerprint density at radius 2 is 2.00 bits per heavy atom. The van der Waals surface area contributed by atoms with Gasteiger partial charge in [-0.05, 0) is 30.5 Å². The van der Waals surface area contributed by atoms with Crippen LogP contribution in [0.15, 0.2) is 48.8 Å². The molecule has 1 aromatic heterocycles. The van der Waals surface area contributed by atoms with Gasteiger partial charge in [-0.2, -0.15) is 0 Å². The summed E-state index contributed by atoms with van der Waals surface area (Å²) in [5.74, 6) is 0.0624. The Kier molecular flexibility index (Phi) is 5.66. The van der Waals surface area contributed by atoms with Crippen LogP contribution in [0.4, 0.5) is 0 Å². The Bertz CT molecular complexity index is 776. The third kappa shape index (κ3) is 4.10. The summed E-state index contributed by atoms with van der Waals surface area (Å²) in [4.78, 5) is 33.5. The third-order valence-corrected chi connectivity index (χ3v) is 4.86. The second kappa shape index (κ2) is 8.13. The van der Waals surface area contributed by atoms with Crippen LogP contribution >= 0.6 is 0 Å². The van der Waals surface area contributed by atoms with Crippen LogP contribution < -0.4 is 0 Å². The fourth-order valence-corrected chi connectivity index (χ4v) is 3.41. The molecule has 136 valence electrons. The highest BCUT2D eigenvalue weighted by atomic mass is 16.2. The normalized spacial score (nSPS) is 17.9. The van der Waals surface area contributed by atoms with Crippen molar-refractivity contribution in [3.05, 3.63) is 65.5 Å². The number of hydrogen-bond acceptors (Lipinski definition) is 3. The summed E-state index contributed by atoms with van der Waals surface area (Å²) in [6.07, 6.45) is 4.51. The molecule has 0 saturated carbocycles. The molecule has 0 radical (unpaired) electrons. The van der Waals surface area contributed by atoms with Crippen molar-refractivity contribution in [1.29, 1.82) is 0 Å². The van der Waals surface area contributed by atoms with Gasteiger partial charge >= 0.3 is 0 Å². The zero-order chi connectivity index (χ0) is 18.5. The first-order valence-electron chi connectivity index (χ1n) is 9.12. The number of rotatable bonds is 4. The minimum absolute atomic E-state index is 0.0203. The van der Waals surface area contributed by atoms with Crippen LogP contribution in [0.1, 0.15) is 41.3 Å². The molecule has 3 rings (SSSR count). The number of hydrogen-bond donors (Lipinski definition) is 0. The molecule has 2 heterocycles. The topological polar surface area (TPSA) is 53.5 Å². The van der Waals surface area contributed by atoms with Crippen molar-refractivity contribution in [3.63, 3.8) is 0 Å². The van der Waals surface area contributed by atoms with E-state index in [1.54, 1.807) is 17.3 Å². The molecule has 1 aliphatic rings. The zero-order valence-corrected chi connectivity index (χ0v) is 15.4. The van der Waals surface area contributed by atoms with Gasteiger partial charge < -0.3 is 9.80 Å². The molecule has 0 bridgehead atoms. The van der Waals surface area contributed by atoms with E-state index in [-0.39, 0.29) is 17.9 Å². The lowest BCUT2D eigenvalue weighted by Crippen LogP contribution is -2.43. The summed E-state index contributed by atoms with van der Waals surface area (Å²) in [7, 11) is 0. The number of carbonyl (C=O) groups is 2. The van der Waals surface area contributed by atoms with Crippen molar-refractivity contribution in [2.24, 2.45) is 0 Å². The molecule has 1 aliphatic heterocycles. The Hall–Kier alpha value is -2.69. The van der Waals surface area contributed by atoms with Gasteiger partial charge in [0.2, 0.25) is 5.91 Å². The largest absolute Gasteiger partial charge is 0.336 e. The highest BCUT2D eigenvalue weighted by Crippen LogP contribution is 2.19. The monoisotopic (exact) mass is 351 g/mol. The van der Waals surface area contributed by atoms with E-state index < -0.39 is 0 Å². The lowest BCUT2D eigenvalue weighted by Gasteiger charge is -2.31. The van der Waals surface area contributed by atoms with Crippen molar-refractivity contribution < 1.29 is 9.59 Å². The summed E-state index contributed by atoms with van der Waals surface area (Å²) in [5.41, 5.74) is 2.66. The van der Waals surface area contributed by atoms with Crippen LogP contribution in [-0.4, -0.2) is 45.7 Å². The SMILES string of the molecule is CC[C@H]1CN(C(=O)c2cncc(C)c2)CCC(=O)N1Cc1ccccc1. The molecule has 5 nitrogen and oxygen atoms in total. The Labute approximate surface area is 154 Å². The van der Waals surface area contributed by atoms with Crippen molar-refractivity contribution in [2.75, 3.05) is 13.1 Å². The smallest absolute Gasteiger partial charge is 0.255 e. The summed E-state index contributed by atoms with van der Waals surface area (Å²) < 4.78 is 0. The van der Waals surface area contributed by atoms with Crippen molar-refractivity contribution >= 4 is 11.8 Å². The van der Waals surface area contributed by atoms with E-state index in [2.05, 4.69) is 11.9 Å². The van der Waals surface area contributed by atoms with E-state index in [0.717, 1.165) is 17.5 Å². The third-order valence-electron chi connectivity index (χ3n) is 4.86. The number of carbonyl (C=O) groups excluding carboxylic acids is 2. The lowest BCUT2D eigenvalue weighted by atomic mass is 10.1. The quantitative estimate of drug-likeness (QED) is 0.851. The first-order chi connectivity index (χ1) is 12.6. The standard InChI is InChI=1S/C21H25N3O2/c1-3-19-15-23(21(26)18-11-16(2)12-22-13-18)10-9-20(25)24(19)14-17-7-5-4-6-8-17/h4-8,11-13,19H,3,9-10,14-15H2,1-2H3/t19-/m0/s1. The Morgan fingerprint density at radius 1 is 1.23 bits per heavy atom. The number of pyridine rings is 1. The number of benzene rings is 1. The maximum absolute atomic E-state index is 12.9. The molecule has 26 heavy (non-hydrogen) atoms. The minimum atomic E-state index is -0.0472. The second-order valence-electron chi connectivity index (χ2n) is 6.82. The van der Waals surface area contributed by atoms with Crippen LogP contribution in [0.25, 0.3) is 0 Å². The molecule has 2 aromatic rings. The average Bonchev–Trinajstić information content (AvgIpc) is 2.81. The molecule has 2 amide bonds. The first kappa shape index (κ1) is 18.1. The Morgan fingerprint density at radius 3 is 2.69 bits per heavy atom. The predicted octanol–water partition coefficient (Wildman–Crippen LogP) is 3.04. The van der Waals surface area contributed by atoms with Gasteiger partial charge in [0.05, 0.1) is 5.56 Å². The highest BCUT2D eigenvalue weighted by molar-refractivity contribution is 5.94. The van der Waals surface area contributed by atoms with Gasteiger partial charge in [-0.15, -0.1) is 0 Å². The van der Waals surface area contributed by atoms with Crippen LogP contribution in [0.5, 0.6) is 0 Å². The molecule has 1 saturated heterocycles.